The number of halogens is 3. The molecule has 1 aromatic carbocycles. The molecule has 0 aliphatic carbocycles. The second-order valence-electron chi connectivity index (χ2n) is 4.88. The molecule has 0 radical (unpaired) electrons. The fourth-order valence-electron chi connectivity index (χ4n) is 1.83. The molecule has 0 aliphatic heterocycles. The van der Waals surface area contributed by atoms with E-state index in [1.54, 1.807) is 13.8 Å². The minimum atomic E-state index is -4.83. The molecular weight excluding hydrogens is 243 g/mol. The number of hydrogen-bond acceptors (Lipinski definition) is 1. The Labute approximate surface area is 104 Å². The number of nitrogens with one attached hydrogen (secondary N) is 1. The Hall–Kier alpha value is -1.52. The molecular formula is C13H16F3NO. The molecule has 2 nitrogen and oxygen atoms in total. The first-order chi connectivity index (χ1) is 8.14. The molecule has 5 heteroatoms. The largest absolute Gasteiger partial charge is 0.471 e. The van der Waals surface area contributed by atoms with Crippen LogP contribution in [0.3, 0.4) is 0 Å². The smallest absolute Gasteiger partial charge is 0.347 e. The van der Waals surface area contributed by atoms with Crippen molar-refractivity contribution < 1.29 is 18.0 Å². The van der Waals surface area contributed by atoms with Crippen molar-refractivity contribution >= 4 is 5.91 Å². The summed E-state index contributed by atoms with van der Waals surface area (Å²) in [5.41, 5.74) is 1.36. The number of rotatable bonds is 3. The topological polar surface area (TPSA) is 29.1 Å². The van der Waals surface area contributed by atoms with E-state index in [9.17, 15) is 18.0 Å². The van der Waals surface area contributed by atoms with E-state index in [2.05, 4.69) is 0 Å². The summed E-state index contributed by atoms with van der Waals surface area (Å²) in [4.78, 5) is 10.8. The van der Waals surface area contributed by atoms with E-state index in [1.807, 2.05) is 36.5 Å². The fraction of sp³-hybridized carbons (Fsp3) is 0.462. The second-order valence-corrected chi connectivity index (χ2v) is 4.88. The maximum atomic E-state index is 12.1. The lowest BCUT2D eigenvalue weighted by Crippen LogP contribution is -2.43. The van der Waals surface area contributed by atoms with Gasteiger partial charge in [0, 0.05) is 12.0 Å². The quantitative estimate of drug-likeness (QED) is 0.888. The van der Waals surface area contributed by atoms with Crippen LogP contribution in [-0.4, -0.2) is 18.6 Å². The molecule has 0 heterocycles. The van der Waals surface area contributed by atoms with Crippen molar-refractivity contribution in [2.45, 2.75) is 32.4 Å². The van der Waals surface area contributed by atoms with E-state index < -0.39 is 17.5 Å². The average molecular weight is 259 g/mol. The lowest BCUT2D eigenvalue weighted by molar-refractivity contribution is -0.173. The summed E-state index contributed by atoms with van der Waals surface area (Å²) in [6.45, 7) is 5.43. The van der Waals surface area contributed by atoms with Crippen molar-refractivity contribution in [3.63, 3.8) is 0 Å². The molecule has 0 saturated heterocycles. The van der Waals surface area contributed by atoms with Crippen molar-refractivity contribution in [2.75, 3.05) is 6.54 Å². The Morgan fingerprint density at radius 1 is 1.22 bits per heavy atom. The molecule has 1 amide bonds. The van der Waals surface area contributed by atoms with Gasteiger partial charge in [0.1, 0.15) is 0 Å². The highest BCUT2D eigenvalue weighted by atomic mass is 19.4. The number of carbonyl (C=O) groups excluding carboxylic acids is 1. The van der Waals surface area contributed by atoms with Crippen LogP contribution in [0.5, 0.6) is 0 Å². The second kappa shape index (κ2) is 5.00. The van der Waals surface area contributed by atoms with Crippen molar-refractivity contribution in [1.82, 2.24) is 5.32 Å². The predicted molar refractivity (Wildman–Crippen MR) is 63.3 cm³/mol. The maximum absolute atomic E-state index is 12.1. The van der Waals surface area contributed by atoms with E-state index in [1.165, 1.54) is 0 Å². The Balaban J connectivity index is 2.78. The molecule has 1 aromatic rings. The summed E-state index contributed by atoms with van der Waals surface area (Å²) in [5, 5.41) is 1.92. The van der Waals surface area contributed by atoms with Gasteiger partial charge in [0.05, 0.1) is 0 Å². The third-order valence-electron chi connectivity index (χ3n) is 2.82. The van der Waals surface area contributed by atoms with Gasteiger partial charge in [-0.05, 0) is 18.1 Å². The predicted octanol–water partition coefficient (Wildman–Crippen LogP) is 2.95. The molecule has 18 heavy (non-hydrogen) atoms. The third kappa shape index (κ3) is 3.48. The van der Waals surface area contributed by atoms with Gasteiger partial charge < -0.3 is 5.32 Å². The molecule has 0 unspecified atom stereocenters. The molecule has 100 valence electrons. The van der Waals surface area contributed by atoms with Crippen molar-refractivity contribution in [3.05, 3.63) is 35.4 Å². The molecule has 0 aliphatic rings. The summed E-state index contributed by atoms with van der Waals surface area (Å²) in [6, 6.07) is 7.44. The number of benzene rings is 1. The summed E-state index contributed by atoms with van der Waals surface area (Å²) >= 11 is 0. The zero-order chi connectivity index (χ0) is 14.0. The van der Waals surface area contributed by atoms with E-state index in [-0.39, 0.29) is 6.54 Å². The van der Waals surface area contributed by atoms with Gasteiger partial charge in [-0.15, -0.1) is 0 Å². The minimum absolute atomic E-state index is 0.0593. The van der Waals surface area contributed by atoms with Crippen molar-refractivity contribution in [2.24, 2.45) is 0 Å². The minimum Gasteiger partial charge on any atom is -0.347 e. The maximum Gasteiger partial charge on any atom is 0.471 e. The summed E-state index contributed by atoms with van der Waals surface area (Å²) in [7, 11) is 0. The number of alkyl halides is 3. The summed E-state index contributed by atoms with van der Waals surface area (Å²) < 4.78 is 36.3. The third-order valence-corrected chi connectivity index (χ3v) is 2.82. The zero-order valence-electron chi connectivity index (χ0n) is 10.6. The average Bonchev–Trinajstić information content (AvgIpc) is 2.25. The van der Waals surface area contributed by atoms with Gasteiger partial charge in [0.25, 0.3) is 0 Å². The van der Waals surface area contributed by atoms with Gasteiger partial charge in [-0.1, -0.05) is 38.1 Å². The summed E-state index contributed by atoms with van der Waals surface area (Å²) in [6.07, 6.45) is -4.83. The van der Waals surface area contributed by atoms with Gasteiger partial charge in [-0.25, -0.2) is 0 Å². The molecule has 0 aromatic heterocycles. The standard InChI is InChI=1S/C13H16F3NO/c1-9-6-4-5-7-10(9)12(2,3)8-17-11(18)13(14,15)16/h4-7H,8H2,1-3H3,(H,17,18). The van der Waals surface area contributed by atoms with Crippen LogP contribution in [0, 0.1) is 6.92 Å². The highest BCUT2D eigenvalue weighted by Crippen LogP contribution is 2.25. The number of aryl methyl sites for hydroxylation is 1. The lowest BCUT2D eigenvalue weighted by atomic mass is 9.82. The number of carbonyl (C=O) groups is 1. The van der Waals surface area contributed by atoms with Crippen LogP contribution >= 0.6 is 0 Å². The Morgan fingerprint density at radius 2 is 1.78 bits per heavy atom. The fourth-order valence-corrected chi connectivity index (χ4v) is 1.83. The molecule has 0 atom stereocenters. The highest BCUT2D eigenvalue weighted by Gasteiger charge is 2.39. The monoisotopic (exact) mass is 259 g/mol. The Kier molecular flexibility index (Phi) is 4.04. The molecule has 0 fully saturated rings. The molecule has 0 saturated carbocycles. The van der Waals surface area contributed by atoms with Crippen molar-refractivity contribution in [1.29, 1.82) is 0 Å². The number of amides is 1. The van der Waals surface area contributed by atoms with E-state index >= 15 is 0 Å². The van der Waals surface area contributed by atoms with Crippen LogP contribution in [0.25, 0.3) is 0 Å². The molecule has 1 N–H and O–H groups in total. The van der Waals surface area contributed by atoms with Crippen LogP contribution in [0.2, 0.25) is 0 Å². The molecule has 0 spiro atoms. The Morgan fingerprint density at radius 3 is 2.28 bits per heavy atom. The van der Waals surface area contributed by atoms with E-state index in [0.29, 0.717) is 0 Å². The van der Waals surface area contributed by atoms with Crippen LogP contribution in [0.1, 0.15) is 25.0 Å². The summed E-state index contributed by atoms with van der Waals surface area (Å²) in [5.74, 6) is -1.90. The first-order valence-corrected chi connectivity index (χ1v) is 5.56. The number of hydrogen-bond donors (Lipinski definition) is 1. The highest BCUT2D eigenvalue weighted by molar-refractivity contribution is 5.81. The SMILES string of the molecule is Cc1ccccc1C(C)(C)CNC(=O)C(F)(F)F. The molecule has 1 rings (SSSR count). The van der Waals surface area contributed by atoms with E-state index in [4.69, 9.17) is 0 Å². The molecule has 0 bridgehead atoms. The zero-order valence-corrected chi connectivity index (χ0v) is 10.6. The van der Waals surface area contributed by atoms with Gasteiger partial charge >= 0.3 is 12.1 Å². The van der Waals surface area contributed by atoms with Crippen molar-refractivity contribution in [3.8, 4) is 0 Å². The Bertz CT molecular complexity index is 438. The van der Waals surface area contributed by atoms with E-state index in [0.717, 1.165) is 11.1 Å². The van der Waals surface area contributed by atoms with Gasteiger partial charge in [-0.3, -0.25) is 4.79 Å². The normalized spacial score (nSPS) is 12.3. The van der Waals surface area contributed by atoms with Gasteiger partial charge in [-0.2, -0.15) is 13.2 Å². The first kappa shape index (κ1) is 14.5. The van der Waals surface area contributed by atoms with Gasteiger partial charge in [0.2, 0.25) is 0 Å². The lowest BCUT2D eigenvalue weighted by Gasteiger charge is -2.27. The van der Waals surface area contributed by atoms with Crippen LogP contribution in [0.15, 0.2) is 24.3 Å². The van der Waals surface area contributed by atoms with Crippen LogP contribution < -0.4 is 5.32 Å². The van der Waals surface area contributed by atoms with Crippen LogP contribution in [-0.2, 0) is 10.2 Å². The van der Waals surface area contributed by atoms with Crippen LogP contribution in [0.4, 0.5) is 13.2 Å². The first-order valence-electron chi connectivity index (χ1n) is 5.56. The van der Waals surface area contributed by atoms with Gasteiger partial charge in [0.15, 0.2) is 0 Å².